The van der Waals surface area contributed by atoms with Crippen LogP contribution < -0.4 is 4.90 Å². The monoisotopic (exact) mass is 380 g/mol. The molecule has 0 radical (unpaired) electrons. The first-order chi connectivity index (χ1) is 13.5. The van der Waals surface area contributed by atoms with Crippen molar-refractivity contribution in [1.29, 1.82) is 0 Å². The lowest BCUT2D eigenvalue weighted by Gasteiger charge is -2.31. The highest BCUT2D eigenvalue weighted by molar-refractivity contribution is 5.75. The van der Waals surface area contributed by atoms with E-state index in [1.165, 1.54) is 0 Å². The molecule has 148 valence electrons. The molecule has 0 aliphatic carbocycles. The average molecular weight is 380 g/mol. The van der Waals surface area contributed by atoms with E-state index in [1.54, 1.807) is 7.11 Å². The van der Waals surface area contributed by atoms with Gasteiger partial charge in [-0.3, -0.25) is 4.98 Å². The molecule has 1 aliphatic heterocycles. The summed E-state index contributed by atoms with van der Waals surface area (Å²) in [7, 11) is 1.79. The maximum absolute atomic E-state index is 5.46. The van der Waals surface area contributed by atoms with Gasteiger partial charge in [0.05, 0.1) is 23.5 Å². The van der Waals surface area contributed by atoms with Crippen molar-refractivity contribution in [3.05, 3.63) is 41.7 Å². The lowest BCUT2D eigenvalue weighted by atomic mass is 10.1. The molecule has 0 saturated carbocycles. The zero-order valence-electron chi connectivity index (χ0n) is 17.1. The molecule has 28 heavy (non-hydrogen) atoms. The maximum atomic E-state index is 5.46. The Kier molecular flexibility index (Phi) is 5.26. The number of methoxy groups -OCH3 is 1. The van der Waals surface area contributed by atoms with Gasteiger partial charge in [0.25, 0.3) is 0 Å². The Morgan fingerprint density at radius 3 is 2.64 bits per heavy atom. The second-order valence-corrected chi connectivity index (χ2v) is 7.73. The number of nitrogens with zero attached hydrogens (tertiary/aromatic N) is 6. The molecule has 0 spiro atoms. The van der Waals surface area contributed by atoms with Crippen molar-refractivity contribution in [2.75, 3.05) is 25.1 Å². The topological polar surface area (TPSA) is 69.0 Å². The second-order valence-electron chi connectivity index (χ2n) is 7.73. The summed E-state index contributed by atoms with van der Waals surface area (Å²) in [4.78, 5) is 20.8. The van der Waals surface area contributed by atoms with Crippen LogP contribution in [0.15, 0.2) is 24.5 Å². The highest BCUT2D eigenvalue weighted by Crippen LogP contribution is 2.22. The van der Waals surface area contributed by atoms with Crippen LogP contribution in [-0.4, -0.2) is 50.8 Å². The quantitative estimate of drug-likeness (QED) is 0.676. The highest BCUT2D eigenvalue weighted by Gasteiger charge is 2.20. The van der Waals surface area contributed by atoms with Crippen molar-refractivity contribution < 1.29 is 4.74 Å². The summed E-state index contributed by atoms with van der Waals surface area (Å²) in [6, 6.07) is 4.48. The van der Waals surface area contributed by atoms with Gasteiger partial charge in [-0.1, -0.05) is 0 Å². The fraction of sp³-hybridized carbons (Fsp3) is 0.524. The lowest BCUT2D eigenvalue weighted by molar-refractivity contribution is 0.0816. The molecule has 3 aromatic heterocycles. The van der Waals surface area contributed by atoms with E-state index in [-0.39, 0.29) is 0 Å². The number of anilines is 1. The number of pyridine rings is 1. The predicted octanol–water partition coefficient (Wildman–Crippen LogP) is 3.32. The van der Waals surface area contributed by atoms with Crippen molar-refractivity contribution in [3.8, 4) is 0 Å². The first-order valence-electron chi connectivity index (χ1n) is 9.98. The Bertz CT molecular complexity index is 959. The van der Waals surface area contributed by atoms with Gasteiger partial charge in [0.1, 0.15) is 11.3 Å². The maximum Gasteiger partial charge on any atom is 0.225 e. The van der Waals surface area contributed by atoms with E-state index in [4.69, 9.17) is 9.72 Å². The number of aryl methyl sites for hydroxylation is 1. The molecule has 0 amide bonds. The summed E-state index contributed by atoms with van der Waals surface area (Å²) in [5.74, 6) is 1.82. The van der Waals surface area contributed by atoms with Crippen LogP contribution in [0.4, 0.5) is 5.95 Å². The molecule has 7 heteroatoms. The normalized spacial score (nSPS) is 15.7. The van der Waals surface area contributed by atoms with E-state index in [0.29, 0.717) is 18.6 Å². The number of rotatable bonds is 5. The van der Waals surface area contributed by atoms with Crippen LogP contribution >= 0.6 is 0 Å². The molecular weight excluding hydrogens is 352 g/mol. The van der Waals surface area contributed by atoms with Gasteiger partial charge in [-0.15, -0.1) is 0 Å². The van der Waals surface area contributed by atoms with Gasteiger partial charge >= 0.3 is 0 Å². The molecule has 0 atom stereocenters. The van der Waals surface area contributed by atoms with Crippen LogP contribution in [0.2, 0.25) is 0 Å². The van der Waals surface area contributed by atoms with E-state index in [2.05, 4.69) is 44.3 Å². The van der Waals surface area contributed by atoms with Gasteiger partial charge in [0.2, 0.25) is 5.95 Å². The van der Waals surface area contributed by atoms with Gasteiger partial charge < -0.3 is 14.2 Å². The first kappa shape index (κ1) is 18.8. The molecule has 0 aromatic carbocycles. The van der Waals surface area contributed by atoms with E-state index in [9.17, 15) is 0 Å². The number of hydrogen-bond acceptors (Lipinski definition) is 6. The minimum absolute atomic E-state index is 0.352. The van der Waals surface area contributed by atoms with Crippen molar-refractivity contribution in [3.63, 3.8) is 0 Å². The van der Waals surface area contributed by atoms with Gasteiger partial charge in [0.15, 0.2) is 0 Å². The molecule has 7 nitrogen and oxygen atoms in total. The molecule has 0 bridgehead atoms. The number of hydrogen-bond donors (Lipinski definition) is 0. The standard InChI is InChI=1S/C21H28N6O/c1-14(2)27-15(3)24-19-13-23-17(12-20(19)27)11-16-5-8-22-21(25-16)26-9-6-18(28-4)7-10-26/h5,8,12-14,18H,6-7,9-11H2,1-4H3. The van der Waals surface area contributed by atoms with Crippen LogP contribution in [-0.2, 0) is 11.2 Å². The molecule has 4 heterocycles. The molecular formula is C21H28N6O. The molecule has 1 fully saturated rings. The van der Waals surface area contributed by atoms with E-state index in [0.717, 1.165) is 60.1 Å². The van der Waals surface area contributed by atoms with Gasteiger partial charge in [-0.2, -0.15) is 0 Å². The minimum atomic E-state index is 0.352. The zero-order chi connectivity index (χ0) is 19.7. The van der Waals surface area contributed by atoms with E-state index < -0.39 is 0 Å². The number of imidazole rings is 1. The highest BCUT2D eigenvalue weighted by atomic mass is 16.5. The fourth-order valence-electron chi connectivity index (χ4n) is 4.02. The van der Waals surface area contributed by atoms with Crippen LogP contribution in [0, 0.1) is 6.92 Å². The summed E-state index contributed by atoms with van der Waals surface area (Å²) in [5.41, 5.74) is 4.06. The Balaban J connectivity index is 1.55. The van der Waals surface area contributed by atoms with Crippen LogP contribution in [0.1, 0.15) is 49.9 Å². The largest absolute Gasteiger partial charge is 0.381 e. The Morgan fingerprint density at radius 1 is 1.14 bits per heavy atom. The minimum Gasteiger partial charge on any atom is -0.381 e. The number of ether oxygens (including phenoxy) is 1. The Morgan fingerprint density at radius 2 is 1.93 bits per heavy atom. The second kappa shape index (κ2) is 7.83. The summed E-state index contributed by atoms with van der Waals surface area (Å²) in [6.45, 7) is 8.26. The van der Waals surface area contributed by atoms with Gasteiger partial charge in [0, 0.05) is 44.6 Å². The van der Waals surface area contributed by atoms with Crippen molar-refractivity contribution in [2.45, 2.75) is 52.2 Å². The zero-order valence-corrected chi connectivity index (χ0v) is 17.1. The van der Waals surface area contributed by atoms with Gasteiger partial charge in [-0.05, 0) is 45.7 Å². The summed E-state index contributed by atoms with van der Waals surface area (Å²) in [6.07, 6.45) is 6.78. The first-order valence-corrected chi connectivity index (χ1v) is 9.98. The van der Waals surface area contributed by atoms with Crippen molar-refractivity contribution >= 4 is 17.0 Å². The third-order valence-corrected chi connectivity index (χ3v) is 5.45. The number of fused-ring (bicyclic) bond motifs is 1. The average Bonchev–Trinajstić information content (AvgIpc) is 3.03. The molecule has 4 rings (SSSR count). The van der Waals surface area contributed by atoms with E-state index in [1.807, 2.05) is 25.4 Å². The summed E-state index contributed by atoms with van der Waals surface area (Å²) >= 11 is 0. The predicted molar refractivity (Wildman–Crippen MR) is 110 cm³/mol. The molecule has 1 saturated heterocycles. The smallest absolute Gasteiger partial charge is 0.225 e. The molecule has 1 aliphatic rings. The van der Waals surface area contributed by atoms with Gasteiger partial charge in [-0.25, -0.2) is 15.0 Å². The lowest BCUT2D eigenvalue weighted by Crippen LogP contribution is -2.37. The van der Waals surface area contributed by atoms with Crippen molar-refractivity contribution in [1.82, 2.24) is 24.5 Å². The fourth-order valence-corrected chi connectivity index (χ4v) is 4.02. The number of piperidine rings is 1. The molecule has 0 unspecified atom stereocenters. The third kappa shape index (κ3) is 3.71. The Hall–Kier alpha value is -2.54. The summed E-state index contributed by atoms with van der Waals surface area (Å²) < 4.78 is 7.71. The van der Waals surface area contributed by atoms with Crippen LogP contribution in [0.5, 0.6) is 0 Å². The summed E-state index contributed by atoms with van der Waals surface area (Å²) in [5, 5.41) is 0. The Labute approximate surface area is 165 Å². The molecule has 3 aromatic rings. The van der Waals surface area contributed by atoms with Crippen molar-refractivity contribution in [2.24, 2.45) is 0 Å². The van der Waals surface area contributed by atoms with Crippen LogP contribution in [0.25, 0.3) is 11.0 Å². The van der Waals surface area contributed by atoms with E-state index >= 15 is 0 Å². The SMILES string of the molecule is COC1CCN(c2nccc(Cc3cc4c(cn3)nc(C)n4C(C)C)n2)CC1. The number of aromatic nitrogens is 5. The third-order valence-electron chi connectivity index (χ3n) is 5.45. The van der Waals surface area contributed by atoms with Crippen LogP contribution in [0.3, 0.4) is 0 Å². The molecule has 0 N–H and O–H groups in total.